The Labute approximate surface area is 94.9 Å². The summed E-state index contributed by atoms with van der Waals surface area (Å²) in [5, 5.41) is 7.49. The summed E-state index contributed by atoms with van der Waals surface area (Å²) in [5.74, 6) is -0.181. The molecule has 15 heavy (non-hydrogen) atoms. The third-order valence-electron chi connectivity index (χ3n) is 2.51. The van der Waals surface area contributed by atoms with Crippen molar-refractivity contribution in [3.05, 3.63) is 10.3 Å². The molecule has 2 heterocycles. The lowest BCUT2D eigenvalue weighted by Gasteiger charge is -2.19. The summed E-state index contributed by atoms with van der Waals surface area (Å²) in [5.41, 5.74) is 5.43. The van der Waals surface area contributed by atoms with Gasteiger partial charge in [0, 0.05) is 13.7 Å². The molecule has 2 N–H and O–H groups in total. The van der Waals surface area contributed by atoms with Crippen LogP contribution in [0.15, 0.2) is 4.60 Å². The van der Waals surface area contributed by atoms with E-state index in [1.54, 1.807) is 7.05 Å². The molecule has 2 rings (SSSR count). The molecule has 6 nitrogen and oxygen atoms in total. The van der Waals surface area contributed by atoms with E-state index in [1.165, 1.54) is 4.68 Å². The predicted molar refractivity (Wildman–Crippen MR) is 55.4 cm³/mol. The number of carbonyl (C=O) groups is 1. The Bertz CT molecular complexity index is 378. The van der Waals surface area contributed by atoms with E-state index in [0.717, 1.165) is 0 Å². The summed E-state index contributed by atoms with van der Waals surface area (Å²) in [4.78, 5) is 12.1. The fourth-order valence-corrected chi connectivity index (χ4v) is 2.08. The van der Waals surface area contributed by atoms with Crippen LogP contribution in [-0.4, -0.2) is 39.5 Å². The van der Waals surface area contributed by atoms with Crippen LogP contribution in [0.1, 0.15) is 16.9 Å². The summed E-state index contributed by atoms with van der Waals surface area (Å²) >= 11 is 3.18. The van der Waals surface area contributed by atoms with Gasteiger partial charge >= 0.3 is 0 Å². The van der Waals surface area contributed by atoms with Gasteiger partial charge in [-0.3, -0.25) is 4.79 Å². The lowest BCUT2D eigenvalue weighted by atomic mass is 9.92. The zero-order valence-electron chi connectivity index (χ0n) is 8.23. The number of ether oxygens (including phenoxy) is 1. The molecular formula is C8H11BrN4O2. The number of Topliss-reactive ketones (excluding diaryl/α,β-unsaturated/α-hetero) is 1. The lowest BCUT2D eigenvalue weighted by Crippen LogP contribution is -2.49. The number of aryl methyl sites for hydroxylation is 1. The number of ketones is 1. The quantitative estimate of drug-likeness (QED) is 0.761. The molecule has 0 saturated carbocycles. The normalized spacial score (nSPS) is 25.8. The minimum absolute atomic E-state index is 0.181. The maximum absolute atomic E-state index is 12.1. The van der Waals surface area contributed by atoms with Gasteiger partial charge in [0.1, 0.15) is 11.2 Å². The summed E-state index contributed by atoms with van der Waals surface area (Å²) in [7, 11) is 1.66. The Hall–Kier alpha value is -0.790. The van der Waals surface area contributed by atoms with Crippen LogP contribution in [0.5, 0.6) is 0 Å². The van der Waals surface area contributed by atoms with E-state index in [2.05, 4.69) is 26.2 Å². The van der Waals surface area contributed by atoms with Crippen molar-refractivity contribution in [2.75, 3.05) is 13.2 Å². The van der Waals surface area contributed by atoms with Crippen molar-refractivity contribution in [1.29, 1.82) is 0 Å². The molecule has 1 atom stereocenters. The van der Waals surface area contributed by atoms with Crippen LogP contribution in [-0.2, 0) is 11.8 Å². The van der Waals surface area contributed by atoms with Gasteiger partial charge in [-0.05, 0) is 22.4 Å². The summed E-state index contributed by atoms with van der Waals surface area (Å²) in [6.07, 6.45) is 0.531. The standard InChI is InChI=1S/C8H11BrN4O2/c1-13-5(7(9)11-12-13)6(14)8(10)2-3-15-4-8/h2-4,10H2,1H3. The van der Waals surface area contributed by atoms with E-state index in [-0.39, 0.29) is 12.4 Å². The molecule has 1 aromatic heterocycles. The number of carbonyl (C=O) groups excluding carboxylic acids is 1. The molecule has 1 aliphatic rings. The molecule has 0 aliphatic carbocycles. The van der Waals surface area contributed by atoms with E-state index < -0.39 is 5.54 Å². The molecule has 0 radical (unpaired) electrons. The zero-order chi connectivity index (χ0) is 11.1. The maximum atomic E-state index is 12.1. The van der Waals surface area contributed by atoms with Gasteiger partial charge in [0.15, 0.2) is 4.60 Å². The van der Waals surface area contributed by atoms with Gasteiger partial charge < -0.3 is 10.5 Å². The lowest BCUT2D eigenvalue weighted by molar-refractivity contribution is 0.0852. The van der Waals surface area contributed by atoms with Crippen molar-refractivity contribution >= 4 is 21.7 Å². The Morgan fingerprint density at radius 2 is 2.47 bits per heavy atom. The number of nitrogens with two attached hydrogens (primary N) is 1. The smallest absolute Gasteiger partial charge is 0.205 e. The first-order valence-electron chi connectivity index (χ1n) is 4.51. The van der Waals surface area contributed by atoms with Crippen molar-refractivity contribution in [1.82, 2.24) is 15.0 Å². The van der Waals surface area contributed by atoms with Crippen molar-refractivity contribution < 1.29 is 9.53 Å². The van der Waals surface area contributed by atoms with Crippen LogP contribution >= 0.6 is 15.9 Å². The largest absolute Gasteiger partial charge is 0.379 e. The highest BCUT2D eigenvalue weighted by atomic mass is 79.9. The number of rotatable bonds is 2. The fraction of sp³-hybridized carbons (Fsp3) is 0.625. The van der Waals surface area contributed by atoms with Crippen molar-refractivity contribution in [2.24, 2.45) is 12.8 Å². The highest BCUT2D eigenvalue weighted by Crippen LogP contribution is 2.23. The van der Waals surface area contributed by atoms with Crippen LogP contribution < -0.4 is 5.73 Å². The maximum Gasteiger partial charge on any atom is 0.205 e. The molecule has 82 valence electrons. The fourth-order valence-electron chi connectivity index (χ4n) is 1.57. The van der Waals surface area contributed by atoms with Gasteiger partial charge in [-0.15, -0.1) is 5.10 Å². The first kappa shape index (κ1) is 10.7. The highest BCUT2D eigenvalue weighted by Gasteiger charge is 2.41. The first-order chi connectivity index (χ1) is 7.04. The van der Waals surface area contributed by atoms with Gasteiger partial charge in [0.25, 0.3) is 0 Å². The number of aromatic nitrogens is 3. The topological polar surface area (TPSA) is 83.0 Å². The second kappa shape index (κ2) is 3.66. The average molecular weight is 275 g/mol. The second-order valence-corrected chi connectivity index (χ2v) is 4.39. The van der Waals surface area contributed by atoms with Crippen LogP contribution in [0, 0.1) is 0 Å². The molecule has 1 saturated heterocycles. The van der Waals surface area contributed by atoms with Crippen molar-refractivity contribution in [3.63, 3.8) is 0 Å². The van der Waals surface area contributed by atoms with E-state index in [4.69, 9.17) is 10.5 Å². The summed E-state index contributed by atoms with van der Waals surface area (Å²) in [6.45, 7) is 0.772. The molecule has 1 unspecified atom stereocenters. The molecule has 0 spiro atoms. The third kappa shape index (κ3) is 1.70. The Morgan fingerprint density at radius 1 is 1.73 bits per heavy atom. The SMILES string of the molecule is Cn1nnc(Br)c1C(=O)C1(N)CCOC1. The molecule has 0 aromatic carbocycles. The number of halogens is 1. The third-order valence-corrected chi connectivity index (χ3v) is 3.04. The average Bonchev–Trinajstić information content (AvgIpc) is 2.75. The Kier molecular flexibility index (Phi) is 2.61. The minimum Gasteiger partial charge on any atom is -0.379 e. The van der Waals surface area contributed by atoms with Gasteiger partial charge in [-0.25, -0.2) is 4.68 Å². The van der Waals surface area contributed by atoms with E-state index in [0.29, 0.717) is 23.3 Å². The first-order valence-corrected chi connectivity index (χ1v) is 5.30. The van der Waals surface area contributed by atoms with Crippen molar-refractivity contribution in [2.45, 2.75) is 12.0 Å². The second-order valence-electron chi connectivity index (χ2n) is 3.64. The van der Waals surface area contributed by atoms with Gasteiger partial charge in [-0.2, -0.15) is 0 Å². The molecule has 1 fully saturated rings. The molecule has 7 heteroatoms. The molecule has 0 bridgehead atoms. The summed E-state index contributed by atoms with van der Waals surface area (Å²) < 4.78 is 6.99. The predicted octanol–water partition coefficient (Wildman–Crippen LogP) is -0.122. The number of hydrogen-bond acceptors (Lipinski definition) is 5. The van der Waals surface area contributed by atoms with E-state index in [1.807, 2.05) is 0 Å². The number of hydrogen-bond donors (Lipinski definition) is 1. The van der Waals surface area contributed by atoms with Crippen LogP contribution in [0.4, 0.5) is 0 Å². The monoisotopic (exact) mass is 274 g/mol. The van der Waals surface area contributed by atoms with Crippen LogP contribution in [0.2, 0.25) is 0 Å². The molecule has 1 aromatic rings. The zero-order valence-corrected chi connectivity index (χ0v) is 9.82. The minimum atomic E-state index is -0.933. The molecule has 1 aliphatic heterocycles. The molecular weight excluding hydrogens is 264 g/mol. The van der Waals surface area contributed by atoms with E-state index in [9.17, 15) is 4.79 Å². The van der Waals surface area contributed by atoms with Crippen LogP contribution in [0.3, 0.4) is 0 Å². The van der Waals surface area contributed by atoms with Crippen molar-refractivity contribution in [3.8, 4) is 0 Å². The van der Waals surface area contributed by atoms with Gasteiger partial charge in [-0.1, -0.05) is 5.21 Å². The molecule has 0 amide bonds. The van der Waals surface area contributed by atoms with E-state index >= 15 is 0 Å². The van der Waals surface area contributed by atoms with Gasteiger partial charge in [0.05, 0.1) is 6.61 Å². The van der Waals surface area contributed by atoms with Crippen LogP contribution in [0.25, 0.3) is 0 Å². The Morgan fingerprint density at radius 3 is 2.93 bits per heavy atom. The highest BCUT2D eigenvalue weighted by molar-refractivity contribution is 9.10. The number of nitrogens with zero attached hydrogens (tertiary/aromatic N) is 3. The van der Waals surface area contributed by atoms with Gasteiger partial charge in [0.2, 0.25) is 5.78 Å². The summed E-state index contributed by atoms with van der Waals surface area (Å²) in [6, 6.07) is 0. The Balaban J connectivity index is 2.35.